The van der Waals surface area contributed by atoms with Crippen LogP contribution in [0.2, 0.25) is 0 Å². The van der Waals surface area contributed by atoms with Gasteiger partial charge < -0.3 is 24.9 Å². The highest BCUT2D eigenvalue weighted by atomic mass is 32.2. The average Bonchev–Trinajstić information content (AvgIpc) is 3.59. The Bertz CT molecular complexity index is 1660. The third-order valence-electron chi connectivity index (χ3n) is 7.01. The normalized spacial score (nSPS) is 18.0. The number of benzene rings is 1. The minimum atomic E-state index is -0.694. The molecule has 11 nitrogen and oxygen atoms in total. The van der Waals surface area contributed by atoms with Crippen LogP contribution in [0.15, 0.2) is 61.8 Å². The number of ether oxygens (including phenoxy) is 2. The second kappa shape index (κ2) is 11.5. The predicted octanol–water partition coefficient (Wildman–Crippen LogP) is 5.13. The molecule has 0 bridgehead atoms. The minimum absolute atomic E-state index is 0.0588. The lowest BCUT2D eigenvalue weighted by molar-refractivity contribution is -0.118. The number of methoxy groups -OCH3 is 2. The molecule has 0 saturated heterocycles. The summed E-state index contributed by atoms with van der Waals surface area (Å²) in [5, 5.41) is 22.1. The van der Waals surface area contributed by atoms with Gasteiger partial charge in [0.15, 0.2) is 21.6 Å². The van der Waals surface area contributed by atoms with Crippen molar-refractivity contribution in [2.75, 3.05) is 30.2 Å². The number of nitriles is 1. The number of allylic oxidation sites excluding steroid dienone is 3. The fraction of sp³-hybridized carbons (Fsp3) is 0.345. The van der Waals surface area contributed by atoms with Crippen molar-refractivity contribution in [3.05, 3.63) is 64.5 Å². The lowest BCUT2D eigenvalue weighted by Crippen LogP contribution is -2.42. The Morgan fingerprint density at radius 3 is 2.67 bits per heavy atom. The average molecular weight is 607 g/mol. The summed E-state index contributed by atoms with van der Waals surface area (Å²) < 4.78 is 17.0. The number of aryl methyl sites for hydroxylation is 1. The molecule has 1 aliphatic carbocycles. The highest BCUT2D eigenvalue weighted by molar-refractivity contribution is 8.01. The van der Waals surface area contributed by atoms with E-state index in [0.717, 1.165) is 0 Å². The standard InChI is InChI=1S/C29H30N6O5S2/c1-15-6-8-21(40-15)24-17(13-30)26(31)35(18-11-29(2,3)12-19(36)25(18)24)27-33-34-28(42-27)41-14-23(37)32-16-7-9-20(38-4)22(10-16)39-5/h6-10,24H,11-12,14,31H2,1-5H3,(H,32,37). The number of hydrogen-bond acceptors (Lipinski definition) is 12. The third-order valence-corrected chi connectivity index (χ3v) is 9.05. The Morgan fingerprint density at radius 1 is 1.24 bits per heavy atom. The van der Waals surface area contributed by atoms with Gasteiger partial charge in [0, 0.05) is 29.4 Å². The van der Waals surface area contributed by atoms with Gasteiger partial charge in [-0.15, -0.1) is 10.2 Å². The van der Waals surface area contributed by atoms with Gasteiger partial charge in [0.1, 0.15) is 17.3 Å². The Hall–Kier alpha value is -4.28. The Kier molecular flexibility index (Phi) is 8.03. The first kappa shape index (κ1) is 29.2. The van der Waals surface area contributed by atoms with Gasteiger partial charge in [-0.05, 0) is 43.0 Å². The van der Waals surface area contributed by atoms with E-state index in [2.05, 4.69) is 21.6 Å². The maximum atomic E-state index is 13.6. The van der Waals surface area contributed by atoms with Crippen LogP contribution >= 0.6 is 23.1 Å². The molecule has 0 fully saturated rings. The number of Topliss-reactive ketones (excluding diaryl/α,β-unsaturated/α-hetero) is 1. The SMILES string of the molecule is COc1ccc(NC(=O)CSc2nnc(N3C(N)=C(C#N)C(c4ccc(C)o4)C4=C3CC(C)(C)CC4=O)s2)cc1OC. The Labute approximate surface area is 251 Å². The smallest absolute Gasteiger partial charge is 0.234 e. The van der Waals surface area contributed by atoms with E-state index in [1.807, 2.05) is 20.8 Å². The summed E-state index contributed by atoms with van der Waals surface area (Å²) in [6.45, 7) is 5.86. The molecule has 1 amide bonds. The molecule has 3 heterocycles. The maximum absolute atomic E-state index is 13.6. The van der Waals surface area contributed by atoms with Gasteiger partial charge in [-0.3, -0.25) is 14.5 Å². The van der Waals surface area contributed by atoms with Crippen molar-refractivity contribution in [3.63, 3.8) is 0 Å². The zero-order valence-corrected chi connectivity index (χ0v) is 25.4. The van der Waals surface area contributed by atoms with Crippen LogP contribution in [0.5, 0.6) is 11.5 Å². The predicted molar refractivity (Wildman–Crippen MR) is 159 cm³/mol. The first-order valence-electron chi connectivity index (χ1n) is 13.1. The van der Waals surface area contributed by atoms with Crippen molar-refractivity contribution in [1.29, 1.82) is 5.26 Å². The highest BCUT2D eigenvalue weighted by Crippen LogP contribution is 2.51. The van der Waals surface area contributed by atoms with Crippen molar-refractivity contribution >= 4 is 45.6 Å². The zero-order valence-electron chi connectivity index (χ0n) is 23.8. The monoisotopic (exact) mass is 606 g/mol. The number of nitrogens with zero attached hydrogens (tertiary/aromatic N) is 4. The van der Waals surface area contributed by atoms with E-state index in [1.165, 1.54) is 30.2 Å². The number of ketones is 1. The molecular weight excluding hydrogens is 576 g/mol. The van der Waals surface area contributed by atoms with E-state index in [4.69, 9.17) is 19.6 Å². The van der Waals surface area contributed by atoms with Gasteiger partial charge in [0.05, 0.1) is 37.5 Å². The van der Waals surface area contributed by atoms with Gasteiger partial charge >= 0.3 is 0 Å². The van der Waals surface area contributed by atoms with Gasteiger partial charge in [0.25, 0.3) is 0 Å². The van der Waals surface area contributed by atoms with Crippen LogP contribution in [-0.2, 0) is 9.59 Å². The van der Waals surface area contributed by atoms with E-state index < -0.39 is 5.92 Å². The summed E-state index contributed by atoms with van der Waals surface area (Å²) in [5.74, 6) is 1.51. The molecule has 2 aliphatic rings. The molecule has 1 unspecified atom stereocenters. The van der Waals surface area contributed by atoms with E-state index in [1.54, 1.807) is 42.3 Å². The number of thioether (sulfide) groups is 1. The summed E-state index contributed by atoms with van der Waals surface area (Å²) in [6, 6.07) is 10.9. The number of hydrogen-bond donors (Lipinski definition) is 2. The fourth-order valence-corrected chi connectivity index (χ4v) is 6.89. The van der Waals surface area contributed by atoms with Crippen LogP contribution in [0.1, 0.15) is 44.1 Å². The molecule has 3 aromatic rings. The first-order valence-corrected chi connectivity index (χ1v) is 14.9. The number of carbonyl (C=O) groups is 2. The lowest BCUT2D eigenvalue weighted by atomic mass is 9.69. The van der Waals surface area contributed by atoms with Crippen LogP contribution in [0.3, 0.4) is 0 Å². The maximum Gasteiger partial charge on any atom is 0.234 e. The zero-order chi connectivity index (χ0) is 30.2. The summed E-state index contributed by atoms with van der Waals surface area (Å²) in [5.41, 5.74) is 8.28. The van der Waals surface area contributed by atoms with Gasteiger partial charge in [-0.2, -0.15) is 5.26 Å². The van der Waals surface area contributed by atoms with Crippen molar-refractivity contribution in [1.82, 2.24) is 10.2 Å². The molecule has 0 spiro atoms. The number of carbonyl (C=O) groups excluding carboxylic acids is 2. The van der Waals surface area contributed by atoms with Crippen LogP contribution in [0.25, 0.3) is 0 Å². The van der Waals surface area contributed by atoms with Gasteiger partial charge in [0.2, 0.25) is 11.0 Å². The van der Waals surface area contributed by atoms with Gasteiger partial charge in [-0.25, -0.2) is 0 Å². The van der Waals surface area contributed by atoms with Crippen molar-refractivity contribution in [2.45, 2.75) is 43.9 Å². The summed E-state index contributed by atoms with van der Waals surface area (Å²) in [7, 11) is 3.07. The number of aromatic nitrogens is 2. The second-order valence-electron chi connectivity index (χ2n) is 10.7. The largest absolute Gasteiger partial charge is 0.493 e. The molecule has 1 atom stereocenters. The molecular formula is C29H30N6O5S2. The third kappa shape index (κ3) is 5.60. The summed E-state index contributed by atoms with van der Waals surface area (Å²) >= 11 is 2.45. The van der Waals surface area contributed by atoms with Crippen LogP contribution < -0.4 is 25.4 Å². The number of anilines is 2. The molecule has 0 radical (unpaired) electrons. The summed E-state index contributed by atoms with van der Waals surface area (Å²) in [4.78, 5) is 27.9. The minimum Gasteiger partial charge on any atom is -0.493 e. The molecule has 1 aromatic carbocycles. The molecule has 218 valence electrons. The topological polar surface area (TPSA) is 157 Å². The van der Waals surface area contributed by atoms with Crippen molar-refractivity contribution in [3.8, 4) is 17.6 Å². The first-order chi connectivity index (χ1) is 20.0. The molecule has 5 rings (SSSR count). The van der Waals surface area contributed by atoms with Crippen molar-refractivity contribution < 1.29 is 23.5 Å². The van der Waals surface area contributed by atoms with E-state index in [-0.39, 0.29) is 34.3 Å². The second-order valence-corrected chi connectivity index (χ2v) is 12.9. The lowest BCUT2D eigenvalue weighted by Gasteiger charge is -2.42. The van der Waals surface area contributed by atoms with E-state index >= 15 is 0 Å². The summed E-state index contributed by atoms with van der Waals surface area (Å²) in [6.07, 6.45) is 0.875. The number of nitrogens with one attached hydrogen (secondary N) is 1. The molecule has 1 aliphatic heterocycles. The van der Waals surface area contributed by atoms with Crippen LogP contribution in [0, 0.1) is 23.7 Å². The molecule has 13 heteroatoms. The number of nitrogens with two attached hydrogens (primary N) is 1. The van der Waals surface area contributed by atoms with E-state index in [0.29, 0.717) is 62.3 Å². The highest BCUT2D eigenvalue weighted by Gasteiger charge is 2.46. The van der Waals surface area contributed by atoms with Crippen molar-refractivity contribution in [2.24, 2.45) is 11.1 Å². The quantitative estimate of drug-likeness (QED) is 0.328. The van der Waals surface area contributed by atoms with E-state index in [9.17, 15) is 14.9 Å². The molecule has 0 saturated carbocycles. The fourth-order valence-electron chi connectivity index (χ4n) is 5.21. The molecule has 3 N–H and O–H groups in total. The molecule has 42 heavy (non-hydrogen) atoms. The molecule has 2 aromatic heterocycles. The Morgan fingerprint density at radius 2 is 2.00 bits per heavy atom. The Balaban J connectivity index is 1.41. The van der Waals surface area contributed by atoms with Crippen LogP contribution in [0.4, 0.5) is 10.8 Å². The number of rotatable bonds is 8. The van der Waals surface area contributed by atoms with Gasteiger partial charge in [-0.1, -0.05) is 36.9 Å². The number of amides is 1. The number of furan rings is 1. The van der Waals surface area contributed by atoms with Crippen LogP contribution in [-0.4, -0.2) is 41.9 Å².